The van der Waals surface area contributed by atoms with Crippen molar-refractivity contribution in [3.05, 3.63) is 89.3 Å². The van der Waals surface area contributed by atoms with E-state index in [4.69, 9.17) is 9.47 Å². The van der Waals surface area contributed by atoms with Crippen LogP contribution in [0.5, 0.6) is 0 Å². The minimum Gasteiger partial charge on any atom is -0.465 e. The predicted octanol–water partition coefficient (Wildman–Crippen LogP) is 3.03. The standard InChI is InChI=1S/C28H28N6O7/c1-32-13-18(29-24(35)16-7-6-8-17(9-16)27(38)40-4)10-21(32)25(36)30-19-11-22(33(2)14-19)26(37)31-20-12-23(28(39)41-5)34(3)15-20/h6-15H,1-5H3,(H,29,35)(H,30,36)(H,31,37). The zero-order valence-electron chi connectivity index (χ0n) is 23.0. The number of anilines is 3. The zero-order chi connectivity index (χ0) is 29.8. The molecule has 0 atom stereocenters. The van der Waals surface area contributed by atoms with Crippen molar-refractivity contribution in [3.63, 3.8) is 0 Å². The number of nitrogens with one attached hydrogen (secondary N) is 3. The number of carbonyl (C=O) groups is 5. The fourth-order valence-electron chi connectivity index (χ4n) is 4.16. The van der Waals surface area contributed by atoms with Crippen LogP contribution >= 0.6 is 0 Å². The van der Waals surface area contributed by atoms with Gasteiger partial charge in [0.25, 0.3) is 17.7 Å². The van der Waals surface area contributed by atoms with Gasteiger partial charge in [0.05, 0.1) is 36.8 Å². The molecule has 0 bridgehead atoms. The first-order valence-electron chi connectivity index (χ1n) is 12.2. The van der Waals surface area contributed by atoms with Crippen LogP contribution in [0.15, 0.2) is 61.1 Å². The molecule has 0 unspecified atom stereocenters. The van der Waals surface area contributed by atoms with Gasteiger partial charge in [-0.15, -0.1) is 0 Å². The van der Waals surface area contributed by atoms with Gasteiger partial charge in [0, 0.05) is 45.3 Å². The summed E-state index contributed by atoms with van der Waals surface area (Å²) in [7, 11) is 7.48. The summed E-state index contributed by atoms with van der Waals surface area (Å²) in [6.07, 6.45) is 4.73. The fraction of sp³-hybridized carbons (Fsp3) is 0.179. The summed E-state index contributed by atoms with van der Waals surface area (Å²) in [5.74, 6) is -2.48. The highest BCUT2D eigenvalue weighted by Crippen LogP contribution is 2.20. The molecule has 13 nitrogen and oxygen atoms in total. The number of hydrogen-bond donors (Lipinski definition) is 3. The maximum atomic E-state index is 13.0. The quantitative estimate of drug-likeness (QED) is 0.280. The Morgan fingerprint density at radius 2 is 0.976 bits per heavy atom. The number of carbonyl (C=O) groups excluding carboxylic acids is 5. The molecule has 3 amide bonds. The van der Waals surface area contributed by atoms with E-state index in [0.29, 0.717) is 17.1 Å². The third-order valence-corrected chi connectivity index (χ3v) is 6.19. The van der Waals surface area contributed by atoms with E-state index in [9.17, 15) is 24.0 Å². The number of ether oxygens (including phenoxy) is 2. The van der Waals surface area contributed by atoms with E-state index in [2.05, 4.69) is 16.0 Å². The maximum Gasteiger partial charge on any atom is 0.354 e. The molecule has 1 aromatic carbocycles. The van der Waals surface area contributed by atoms with E-state index in [1.165, 1.54) is 49.1 Å². The second kappa shape index (κ2) is 11.7. The van der Waals surface area contributed by atoms with Crippen LogP contribution in [0.1, 0.15) is 52.2 Å². The van der Waals surface area contributed by atoms with E-state index in [-0.39, 0.29) is 28.2 Å². The number of aryl methyl sites for hydroxylation is 3. The Labute approximate surface area is 234 Å². The Bertz CT molecular complexity index is 1680. The second-order valence-corrected chi connectivity index (χ2v) is 9.10. The molecule has 0 aliphatic rings. The third-order valence-electron chi connectivity index (χ3n) is 6.19. The molecule has 13 heteroatoms. The normalized spacial score (nSPS) is 10.6. The van der Waals surface area contributed by atoms with Gasteiger partial charge in [-0.05, 0) is 36.4 Å². The SMILES string of the molecule is COC(=O)c1cccc(C(=O)Nc2cc(C(=O)Nc3cc(C(=O)Nc4cc(C(=O)OC)n(C)c4)n(C)c3)n(C)c2)c1. The van der Waals surface area contributed by atoms with Crippen molar-refractivity contribution in [2.75, 3.05) is 30.2 Å². The number of methoxy groups -OCH3 is 2. The minimum absolute atomic E-state index is 0.235. The Balaban J connectivity index is 1.43. The van der Waals surface area contributed by atoms with Crippen LogP contribution in [0.4, 0.5) is 17.1 Å². The van der Waals surface area contributed by atoms with Crippen molar-refractivity contribution in [1.29, 1.82) is 0 Å². The minimum atomic E-state index is -0.562. The maximum absolute atomic E-state index is 13.0. The van der Waals surface area contributed by atoms with Crippen LogP contribution in [0.3, 0.4) is 0 Å². The second-order valence-electron chi connectivity index (χ2n) is 9.10. The van der Waals surface area contributed by atoms with Crippen LogP contribution in [0.25, 0.3) is 0 Å². The van der Waals surface area contributed by atoms with Crippen LogP contribution in [0.2, 0.25) is 0 Å². The summed E-state index contributed by atoms with van der Waals surface area (Å²) >= 11 is 0. The summed E-state index contributed by atoms with van der Waals surface area (Å²) in [4.78, 5) is 62.2. The summed E-state index contributed by atoms with van der Waals surface area (Å²) in [6, 6.07) is 10.6. The molecule has 0 saturated heterocycles. The Morgan fingerprint density at radius 3 is 1.46 bits per heavy atom. The molecule has 3 aromatic heterocycles. The summed E-state index contributed by atoms with van der Waals surface area (Å²) in [5.41, 5.74) is 2.41. The molecule has 0 fully saturated rings. The molecular weight excluding hydrogens is 532 g/mol. The number of hydrogen-bond acceptors (Lipinski definition) is 7. The van der Waals surface area contributed by atoms with Gasteiger partial charge in [0.15, 0.2) is 0 Å². The molecule has 0 aliphatic carbocycles. The van der Waals surface area contributed by atoms with E-state index in [1.807, 2.05) is 0 Å². The average molecular weight is 561 g/mol. The molecule has 0 aliphatic heterocycles. The van der Waals surface area contributed by atoms with Gasteiger partial charge >= 0.3 is 11.9 Å². The summed E-state index contributed by atoms with van der Waals surface area (Å²) in [6.45, 7) is 0. The fourth-order valence-corrected chi connectivity index (χ4v) is 4.16. The van der Waals surface area contributed by atoms with Crippen molar-refractivity contribution in [3.8, 4) is 0 Å². The lowest BCUT2D eigenvalue weighted by Gasteiger charge is -2.04. The van der Waals surface area contributed by atoms with E-state index >= 15 is 0 Å². The number of benzene rings is 1. The number of rotatable bonds is 8. The molecule has 41 heavy (non-hydrogen) atoms. The molecule has 0 saturated carbocycles. The van der Waals surface area contributed by atoms with E-state index in [0.717, 1.165) is 0 Å². The first-order chi connectivity index (χ1) is 19.5. The molecule has 4 rings (SSSR count). The van der Waals surface area contributed by atoms with Crippen molar-refractivity contribution in [2.24, 2.45) is 21.1 Å². The van der Waals surface area contributed by atoms with Gasteiger partial charge in [-0.3, -0.25) is 14.4 Å². The number of nitrogens with zero attached hydrogens (tertiary/aromatic N) is 3. The van der Waals surface area contributed by atoms with Gasteiger partial charge < -0.3 is 39.1 Å². The summed E-state index contributed by atoms with van der Waals surface area (Å²) < 4.78 is 14.0. The van der Waals surface area contributed by atoms with Crippen molar-refractivity contribution in [2.45, 2.75) is 0 Å². The highest BCUT2D eigenvalue weighted by molar-refractivity contribution is 6.09. The Hall–Kier alpha value is -5.59. The largest absolute Gasteiger partial charge is 0.465 e. The van der Waals surface area contributed by atoms with Gasteiger partial charge in [-0.25, -0.2) is 9.59 Å². The van der Waals surface area contributed by atoms with Crippen molar-refractivity contribution in [1.82, 2.24) is 13.7 Å². The lowest BCUT2D eigenvalue weighted by molar-refractivity contribution is 0.0585. The monoisotopic (exact) mass is 560 g/mol. The van der Waals surface area contributed by atoms with Crippen LogP contribution in [-0.2, 0) is 30.6 Å². The molecule has 0 spiro atoms. The topological polar surface area (TPSA) is 155 Å². The van der Waals surface area contributed by atoms with Gasteiger partial charge in [0.1, 0.15) is 17.1 Å². The molecule has 3 N–H and O–H groups in total. The van der Waals surface area contributed by atoms with E-state index in [1.54, 1.807) is 61.0 Å². The van der Waals surface area contributed by atoms with Gasteiger partial charge in [-0.1, -0.05) is 6.07 Å². The van der Waals surface area contributed by atoms with Crippen LogP contribution in [0, 0.1) is 0 Å². The predicted molar refractivity (Wildman–Crippen MR) is 149 cm³/mol. The number of esters is 2. The van der Waals surface area contributed by atoms with Crippen LogP contribution < -0.4 is 16.0 Å². The van der Waals surface area contributed by atoms with Gasteiger partial charge in [-0.2, -0.15) is 0 Å². The first kappa shape index (κ1) is 28.4. The van der Waals surface area contributed by atoms with Crippen LogP contribution in [-0.4, -0.2) is 57.6 Å². The highest BCUT2D eigenvalue weighted by Gasteiger charge is 2.19. The lowest BCUT2D eigenvalue weighted by Crippen LogP contribution is -2.15. The average Bonchev–Trinajstić information content (AvgIpc) is 3.63. The van der Waals surface area contributed by atoms with E-state index < -0.39 is 29.7 Å². The highest BCUT2D eigenvalue weighted by atomic mass is 16.5. The molecular formula is C28H28N6O7. The number of amides is 3. The Kier molecular flexibility index (Phi) is 8.08. The van der Waals surface area contributed by atoms with Gasteiger partial charge in [0.2, 0.25) is 0 Å². The Morgan fingerprint density at radius 1 is 0.561 bits per heavy atom. The molecule has 0 radical (unpaired) electrons. The molecule has 4 aromatic rings. The van der Waals surface area contributed by atoms with Crippen molar-refractivity contribution >= 4 is 46.7 Å². The smallest absolute Gasteiger partial charge is 0.354 e. The first-order valence-corrected chi connectivity index (χ1v) is 12.2. The summed E-state index contributed by atoms with van der Waals surface area (Å²) in [5, 5.41) is 8.18. The third kappa shape index (κ3) is 6.19. The number of aromatic nitrogens is 3. The van der Waals surface area contributed by atoms with Crippen molar-refractivity contribution < 1.29 is 33.4 Å². The molecule has 3 heterocycles. The zero-order valence-corrected chi connectivity index (χ0v) is 23.0. The molecule has 212 valence electrons. The lowest BCUT2D eigenvalue weighted by atomic mass is 10.1.